The fourth-order valence-electron chi connectivity index (χ4n) is 7.55. The molecule has 9 aromatic rings. The molecule has 0 heterocycles. The summed E-state index contributed by atoms with van der Waals surface area (Å²) in [5.74, 6) is 0. The maximum Gasteiger partial charge on any atom is -0.00199 e. The molecule has 0 saturated carbocycles. The van der Waals surface area contributed by atoms with Gasteiger partial charge in [0.05, 0.1) is 0 Å². The van der Waals surface area contributed by atoms with Crippen molar-refractivity contribution in [1.82, 2.24) is 0 Å². The molecule has 0 atom stereocenters. The molecule has 0 fully saturated rings. The highest BCUT2D eigenvalue weighted by Crippen LogP contribution is 2.49. The van der Waals surface area contributed by atoms with E-state index in [0.717, 1.165) is 0 Å². The molecule has 224 valence electrons. The average Bonchev–Trinajstić information content (AvgIpc) is 3.17. The minimum atomic E-state index is 1.21. The van der Waals surface area contributed by atoms with E-state index in [1.807, 2.05) is 0 Å². The molecular weight excluding hydrogens is 577 g/mol. The number of hydrogen-bond acceptors (Lipinski definition) is 0. The molecule has 0 heteroatoms. The molecule has 0 spiro atoms. The van der Waals surface area contributed by atoms with Crippen molar-refractivity contribution >= 4 is 32.3 Å². The standard InChI is InChI=1S/C48H32/c1-3-15-33(16-4-1)34-29-31-37(32-30-34)46-41-22-9-11-24-43(41)48(44-25-12-10-23-42(44)46)45-28-14-27-40(47(45)36-18-5-2-6-19-36)39-26-13-20-35-17-7-8-21-38(35)39/h1-32H. The molecule has 0 unspecified atom stereocenters. The quantitative estimate of drug-likeness (QED) is 0.171. The topological polar surface area (TPSA) is 0 Å². The lowest BCUT2D eigenvalue weighted by Gasteiger charge is -2.22. The van der Waals surface area contributed by atoms with Crippen LogP contribution in [0.25, 0.3) is 88.0 Å². The van der Waals surface area contributed by atoms with Crippen LogP contribution in [-0.2, 0) is 0 Å². The van der Waals surface area contributed by atoms with E-state index in [0.29, 0.717) is 0 Å². The van der Waals surface area contributed by atoms with Gasteiger partial charge in [0, 0.05) is 0 Å². The summed E-state index contributed by atoms with van der Waals surface area (Å²) in [6, 6.07) is 70.7. The third kappa shape index (κ3) is 4.70. The van der Waals surface area contributed by atoms with Gasteiger partial charge in [-0.25, -0.2) is 0 Å². The van der Waals surface area contributed by atoms with Gasteiger partial charge in [0.2, 0.25) is 0 Å². The van der Waals surface area contributed by atoms with Crippen molar-refractivity contribution in [2.45, 2.75) is 0 Å². The molecule has 9 aromatic carbocycles. The van der Waals surface area contributed by atoms with Crippen LogP contribution >= 0.6 is 0 Å². The van der Waals surface area contributed by atoms with Crippen molar-refractivity contribution in [3.05, 3.63) is 194 Å². The van der Waals surface area contributed by atoms with Crippen LogP contribution < -0.4 is 0 Å². The highest BCUT2D eigenvalue weighted by molar-refractivity contribution is 6.23. The van der Waals surface area contributed by atoms with E-state index in [2.05, 4.69) is 194 Å². The number of benzene rings is 9. The summed E-state index contributed by atoms with van der Waals surface area (Å²) in [7, 11) is 0. The Kier molecular flexibility index (Phi) is 6.91. The monoisotopic (exact) mass is 608 g/mol. The van der Waals surface area contributed by atoms with E-state index >= 15 is 0 Å². The molecule has 0 saturated heterocycles. The lowest BCUT2D eigenvalue weighted by atomic mass is 9.81. The Morgan fingerprint density at radius 3 is 1.23 bits per heavy atom. The van der Waals surface area contributed by atoms with Crippen LogP contribution in [0.4, 0.5) is 0 Å². The van der Waals surface area contributed by atoms with Crippen molar-refractivity contribution in [1.29, 1.82) is 0 Å². The van der Waals surface area contributed by atoms with Crippen molar-refractivity contribution in [2.24, 2.45) is 0 Å². The van der Waals surface area contributed by atoms with Crippen LogP contribution in [0.1, 0.15) is 0 Å². The largest absolute Gasteiger partial charge is 0.0622 e. The van der Waals surface area contributed by atoms with E-state index in [4.69, 9.17) is 0 Å². The van der Waals surface area contributed by atoms with Gasteiger partial charge in [-0.15, -0.1) is 0 Å². The Bertz CT molecular complexity index is 2510. The summed E-state index contributed by atoms with van der Waals surface area (Å²) >= 11 is 0. The van der Waals surface area contributed by atoms with Crippen LogP contribution in [0.2, 0.25) is 0 Å². The zero-order valence-corrected chi connectivity index (χ0v) is 26.5. The molecule has 0 aromatic heterocycles. The molecule has 0 N–H and O–H groups in total. The van der Waals surface area contributed by atoms with E-state index in [9.17, 15) is 0 Å². The Balaban J connectivity index is 1.35. The Hall–Kier alpha value is -6.24. The molecule has 0 aliphatic rings. The Morgan fingerprint density at radius 1 is 0.188 bits per heavy atom. The molecular formula is C48H32. The normalized spacial score (nSPS) is 11.3. The average molecular weight is 609 g/mol. The summed E-state index contributed by atoms with van der Waals surface area (Å²) in [5.41, 5.74) is 12.4. The van der Waals surface area contributed by atoms with Gasteiger partial charge >= 0.3 is 0 Å². The summed E-state index contributed by atoms with van der Waals surface area (Å²) < 4.78 is 0. The molecule has 0 amide bonds. The van der Waals surface area contributed by atoms with Crippen molar-refractivity contribution < 1.29 is 0 Å². The molecule has 0 bridgehead atoms. The van der Waals surface area contributed by atoms with E-state index in [-0.39, 0.29) is 0 Å². The Labute approximate surface area is 281 Å². The summed E-state index contributed by atoms with van der Waals surface area (Å²) in [5, 5.41) is 7.54. The van der Waals surface area contributed by atoms with E-state index < -0.39 is 0 Å². The van der Waals surface area contributed by atoms with Gasteiger partial charge < -0.3 is 0 Å². The first-order valence-electron chi connectivity index (χ1n) is 16.6. The second kappa shape index (κ2) is 11.8. The highest BCUT2D eigenvalue weighted by Gasteiger charge is 2.21. The predicted molar refractivity (Wildman–Crippen MR) is 206 cm³/mol. The van der Waals surface area contributed by atoms with Crippen molar-refractivity contribution in [3.63, 3.8) is 0 Å². The zero-order valence-electron chi connectivity index (χ0n) is 26.5. The number of hydrogen-bond donors (Lipinski definition) is 0. The minimum Gasteiger partial charge on any atom is -0.0622 e. The first-order valence-corrected chi connectivity index (χ1v) is 16.6. The van der Waals surface area contributed by atoms with Crippen molar-refractivity contribution in [2.75, 3.05) is 0 Å². The third-order valence-corrected chi connectivity index (χ3v) is 9.69. The smallest absolute Gasteiger partial charge is 0.00199 e. The lowest BCUT2D eigenvalue weighted by molar-refractivity contribution is 1.59. The second-order valence-corrected chi connectivity index (χ2v) is 12.4. The van der Waals surface area contributed by atoms with Gasteiger partial charge in [-0.1, -0.05) is 194 Å². The van der Waals surface area contributed by atoms with Crippen LogP contribution in [0.15, 0.2) is 194 Å². The zero-order chi connectivity index (χ0) is 31.9. The molecule has 9 rings (SSSR count). The van der Waals surface area contributed by atoms with E-state index in [1.54, 1.807) is 0 Å². The highest BCUT2D eigenvalue weighted by atomic mass is 14.2. The van der Waals surface area contributed by atoms with Gasteiger partial charge in [0.15, 0.2) is 0 Å². The molecule has 0 aliphatic heterocycles. The van der Waals surface area contributed by atoms with Gasteiger partial charge in [-0.3, -0.25) is 0 Å². The Morgan fingerprint density at radius 2 is 0.583 bits per heavy atom. The van der Waals surface area contributed by atoms with Crippen LogP contribution in [0.5, 0.6) is 0 Å². The fourth-order valence-corrected chi connectivity index (χ4v) is 7.55. The van der Waals surface area contributed by atoms with Crippen LogP contribution in [-0.4, -0.2) is 0 Å². The SMILES string of the molecule is c1ccc(-c2ccc(-c3c4ccccc4c(-c4cccc(-c5cccc6ccccc56)c4-c4ccccc4)c4ccccc34)cc2)cc1. The van der Waals surface area contributed by atoms with E-state index in [1.165, 1.54) is 88.0 Å². The van der Waals surface area contributed by atoms with Crippen molar-refractivity contribution in [3.8, 4) is 55.6 Å². The first-order chi connectivity index (χ1) is 23.8. The van der Waals surface area contributed by atoms with Gasteiger partial charge in [-0.2, -0.15) is 0 Å². The van der Waals surface area contributed by atoms with Gasteiger partial charge in [-0.05, 0) is 88.0 Å². The summed E-state index contributed by atoms with van der Waals surface area (Å²) in [4.78, 5) is 0. The maximum atomic E-state index is 2.32. The predicted octanol–water partition coefficient (Wildman–Crippen LogP) is 13.5. The second-order valence-electron chi connectivity index (χ2n) is 12.4. The molecule has 48 heavy (non-hydrogen) atoms. The molecule has 0 aliphatic carbocycles. The van der Waals surface area contributed by atoms with Crippen LogP contribution in [0, 0.1) is 0 Å². The summed E-state index contributed by atoms with van der Waals surface area (Å²) in [6.07, 6.45) is 0. The van der Waals surface area contributed by atoms with Crippen LogP contribution in [0.3, 0.4) is 0 Å². The lowest BCUT2D eigenvalue weighted by Crippen LogP contribution is -1.95. The third-order valence-electron chi connectivity index (χ3n) is 9.69. The molecule has 0 nitrogen and oxygen atoms in total. The molecule has 0 radical (unpaired) electrons. The summed E-state index contributed by atoms with van der Waals surface area (Å²) in [6.45, 7) is 0. The van der Waals surface area contributed by atoms with Gasteiger partial charge in [0.1, 0.15) is 0 Å². The minimum absolute atomic E-state index is 1.21. The number of fused-ring (bicyclic) bond motifs is 3. The first kappa shape index (κ1) is 28.0. The fraction of sp³-hybridized carbons (Fsp3) is 0. The number of rotatable bonds is 5. The van der Waals surface area contributed by atoms with Gasteiger partial charge in [0.25, 0.3) is 0 Å². The maximum absolute atomic E-state index is 2.32.